The van der Waals surface area contributed by atoms with E-state index in [-0.39, 0.29) is 5.54 Å². The third kappa shape index (κ3) is 3.71. The molecule has 102 valence electrons. The van der Waals surface area contributed by atoms with Gasteiger partial charge in [0, 0.05) is 5.54 Å². The summed E-state index contributed by atoms with van der Waals surface area (Å²) in [7, 11) is 0. The monoisotopic (exact) mass is 239 g/mol. The molecule has 0 bridgehead atoms. The van der Waals surface area contributed by atoms with E-state index in [1.807, 2.05) is 0 Å². The molecular weight excluding hydrogens is 206 g/mol. The summed E-state index contributed by atoms with van der Waals surface area (Å²) in [4.78, 5) is 0. The molecule has 0 saturated heterocycles. The fourth-order valence-corrected chi connectivity index (χ4v) is 3.92. The van der Waals surface area contributed by atoms with Crippen molar-refractivity contribution in [3.05, 3.63) is 0 Å². The van der Waals surface area contributed by atoms with E-state index in [1.165, 1.54) is 44.9 Å². The lowest BCUT2D eigenvalue weighted by Gasteiger charge is -2.49. The minimum absolute atomic E-state index is 0.104. The zero-order valence-corrected chi connectivity index (χ0v) is 12.7. The molecule has 1 aliphatic rings. The van der Waals surface area contributed by atoms with Crippen molar-refractivity contribution < 1.29 is 0 Å². The van der Waals surface area contributed by atoms with E-state index < -0.39 is 0 Å². The van der Waals surface area contributed by atoms with Crippen molar-refractivity contribution in [2.24, 2.45) is 23.0 Å². The van der Waals surface area contributed by atoms with Crippen LogP contribution < -0.4 is 5.73 Å². The molecule has 0 aliphatic heterocycles. The molecule has 0 aromatic carbocycles. The van der Waals surface area contributed by atoms with Gasteiger partial charge in [-0.05, 0) is 36.5 Å². The average molecular weight is 239 g/mol. The zero-order valence-electron chi connectivity index (χ0n) is 12.7. The van der Waals surface area contributed by atoms with E-state index in [0.29, 0.717) is 11.3 Å². The van der Waals surface area contributed by atoms with E-state index >= 15 is 0 Å². The Hall–Kier alpha value is -0.0400. The van der Waals surface area contributed by atoms with Crippen LogP contribution in [0.25, 0.3) is 0 Å². The molecule has 1 nitrogen and oxygen atoms in total. The van der Waals surface area contributed by atoms with Gasteiger partial charge in [0.05, 0.1) is 0 Å². The van der Waals surface area contributed by atoms with Crippen molar-refractivity contribution in [3.63, 3.8) is 0 Å². The first-order valence-electron chi connectivity index (χ1n) is 7.62. The third-order valence-electron chi connectivity index (χ3n) is 4.95. The van der Waals surface area contributed by atoms with Gasteiger partial charge in [-0.2, -0.15) is 0 Å². The van der Waals surface area contributed by atoms with E-state index in [9.17, 15) is 0 Å². The maximum atomic E-state index is 6.84. The van der Waals surface area contributed by atoms with Crippen LogP contribution in [0.1, 0.15) is 79.6 Å². The van der Waals surface area contributed by atoms with Gasteiger partial charge in [-0.25, -0.2) is 0 Å². The fourth-order valence-electron chi connectivity index (χ4n) is 3.92. The van der Waals surface area contributed by atoms with Gasteiger partial charge in [0.2, 0.25) is 0 Å². The van der Waals surface area contributed by atoms with Crippen molar-refractivity contribution in [1.82, 2.24) is 0 Å². The van der Waals surface area contributed by atoms with Crippen molar-refractivity contribution in [2.75, 3.05) is 0 Å². The Kier molecular flexibility index (Phi) is 5.07. The maximum Gasteiger partial charge on any atom is 0.0190 e. The van der Waals surface area contributed by atoms with Crippen molar-refractivity contribution in [3.8, 4) is 0 Å². The first kappa shape index (κ1) is 15.0. The highest BCUT2D eigenvalue weighted by Crippen LogP contribution is 2.46. The second-order valence-corrected chi connectivity index (χ2v) is 7.28. The SMILES string of the molecule is CCC(CC)CC1(N)CCCCC1C(C)(C)C. The summed E-state index contributed by atoms with van der Waals surface area (Å²) in [5.41, 5.74) is 7.31. The molecule has 17 heavy (non-hydrogen) atoms. The Morgan fingerprint density at radius 3 is 2.24 bits per heavy atom. The number of hydrogen-bond donors (Lipinski definition) is 1. The molecule has 0 spiro atoms. The first-order valence-corrected chi connectivity index (χ1v) is 7.62. The largest absolute Gasteiger partial charge is 0.325 e. The minimum atomic E-state index is 0.104. The molecule has 1 saturated carbocycles. The molecule has 0 aromatic rings. The van der Waals surface area contributed by atoms with Gasteiger partial charge in [-0.3, -0.25) is 0 Å². The molecular formula is C16H33N. The molecule has 2 N–H and O–H groups in total. The summed E-state index contributed by atoms with van der Waals surface area (Å²) in [6.45, 7) is 11.7. The van der Waals surface area contributed by atoms with E-state index in [2.05, 4.69) is 34.6 Å². The summed E-state index contributed by atoms with van der Waals surface area (Å²) in [5, 5.41) is 0. The molecule has 1 fully saturated rings. The second kappa shape index (κ2) is 5.73. The topological polar surface area (TPSA) is 26.0 Å². The smallest absolute Gasteiger partial charge is 0.0190 e. The van der Waals surface area contributed by atoms with Crippen LogP contribution in [0.2, 0.25) is 0 Å². The molecule has 1 aliphatic carbocycles. The van der Waals surface area contributed by atoms with Crippen LogP contribution in [0.15, 0.2) is 0 Å². The van der Waals surface area contributed by atoms with Gasteiger partial charge in [0.1, 0.15) is 0 Å². The quantitative estimate of drug-likeness (QED) is 0.753. The zero-order chi connectivity index (χ0) is 13.1. The number of hydrogen-bond acceptors (Lipinski definition) is 1. The average Bonchev–Trinajstić information content (AvgIpc) is 2.25. The Labute approximate surface area is 109 Å². The Bertz CT molecular complexity index is 224. The van der Waals surface area contributed by atoms with Gasteiger partial charge < -0.3 is 5.73 Å². The van der Waals surface area contributed by atoms with Crippen LogP contribution in [-0.2, 0) is 0 Å². The van der Waals surface area contributed by atoms with Crippen LogP contribution in [0.5, 0.6) is 0 Å². The van der Waals surface area contributed by atoms with E-state index in [0.717, 1.165) is 5.92 Å². The summed E-state index contributed by atoms with van der Waals surface area (Å²) < 4.78 is 0. The van der Waals surface area contributed by atoms with Crippen LogP contribution in [-0.4, -0.2) is 5.54 Å². The van der Waals surface area contributed by atoms with Crippen molar-refractivity contribution in [1.29, 1.82) is 0 Å². The van der Waals surface area contributed by atoms with Gasteiger partial charge >= 0.3 is 0 Å². The van der Waals surface area contributed by atoms with Gasteiger partial charge in [0.25, 0.3) is 0 Å². The van der Waals surface area contributed by atoms with Gasteiger partial charge in [-0.15, -0.1) is 0 Å². The summed E-state index contributed by atoms with van der Waals surface area (Å²) in [6, 6.07) is 0. The molecule has 0 aromatic heterocycles. The standard InChI is InChI=1S/C16H33N/c1-6-13(7-2)12-16(17)11-9-8-10-14(16)15(3,4)5/h13-14H,6-12,17H2,1-5H3. The molecule has 1 rings (SSSR count). The predicted octanol–water partition coefficient (Wildman–Crippen LogP) is 4.75. The van der Waals surface area contributed by atoms with Crippen LogP contribution >= 0.6 is 0 Å². The maximum absolute atomic E-state index is 6.84. The lowest BCUT2D eigenvalue weighted by atomic mass is 9.60. The van der Waals surface area contributed by atoms with Gasteiger partial charge in [-0.1, -0.05) is 60.3 Å². The van der Waals surface area contributed by atoms with Crippen LogP contribution in [0, 0.1) is 17.3 Å². The fraction of sp³-hybridized carbons (Fsp3) is 1.00. The van der Waals surface area contributed by atoms with E-state index in [1.54, 1.807) is 0 Å². The van der Waals surface area contributed by atoms with Crippen LogP contribution in [0.3, 0.4) is 0 Å². The third-order valence-corrected chi connectivity index (χ3v) is 4.95. The Morgan fingerprint density at radius 1 is 1.18 bits per heavy atom. The van der Waals surface area contributed by atoms with Crippen molar-refractivity contribution in [2.45, 2.75) is 85.1 Å². The molecule has 0 heterocycles. The molecule has 1 heteroatoms. The minimum Gasteiger partial charge on any atom is -0.325 e. The van der Waals surface area contributed by atoms with Crippen molar-refractivity contribution >= 4 is 0 Å². The van der Waals surface area contributed by atoms with Crippen LogP contribution in [0.4, 0.5) is 0 Å². The highest BCUT2D eigenvalue weighted by Gasteiger charge is 2.43. The molecule has 2 atom stereocenters. The Morgan fingerprint density at radius 2 is 1.76 bits per heavy atom. The molecule has 2 unspecified atom stereocenters. The first-order chi connectivity index (χ1) is 7.83. The Balaban J connectivity index is 2.80. The normalized spacial score (nSPS) is 30.9. The summed E-state index contributed by atoms with van der Waals surface area (Å²) in [6.07, 6.45) is 9.10. The second-order valence-electron chi connectivity index (χ2n) is 7.28. The summed E-state index contributed by atoms with van der Waals surface area (Å²) in [5.74, 6) is 1.52. The molecule has 0 amide bonds. The highest BCUT2D eigenvalue weighted by atomic mass is 14.8. The predicted molar refractivity (Wildman–Crippen MR) is 77.0 cm³/mol. The molecule has 0 radical (unpaired) electrons. The van der Waals surface area contributed by atoms with E-state index in [4.69, 9.17) is 5.73 Å². The highest BCUT2D eigenvalue weighted by molar-refractivity contribution is 4.99. The van der Waals surface area contributed by atoms with Gasteiger partial charge in [0.15, 0.2) is 0 Å². The lowest BCUT2D eigenvalue weighted by Crippen LogP contribution is -2.54. The summed E-state index contributed by atoms with van der Waals surface area (Å²) >= 11 is 0. The number of nitrogens with two attached hydrogens (primary N) is 1. The lowest BCUT2D eigenvalue weighted by molar-refractivity contribution is 0.0594. The number of rotatable bonds is 4.